The normalized spacial score (nSPS) is 28.2. The predicted octanol–water partition coefficient (Wildman–Crippen LogP) is 4.82. The summed E-state index contributed by atoms with van der Waals surface area (Å²) in [5.74, 6) is 1.69. The Balaban J connectivity index is 2.90. The highest BCUT2D eigenvalue weighted by Crippen LogP contribution is 2.45. The molecule has 0 spiro atoms. The topological polar surface area (TPSA) is 3.24 Å². The second-order valence-corrected chi connectivity index (χ2v) is 8.39. The van der Waals surface area contributed by atoms with Gasteiger partial charge in [0.05, 0.1) is 0 Å². The molecule has 0 bridgehead atoms. The van der Waals surface area contributed by atoms with Gasteiger partial charge in [0.15, 0.2) is 0 Å². The van der Waals surface area contributed by atoms with Crippen molar-refractivity contribution < 1.29 is 0 Å². The Labute approximate surface area is 115 Å². The largest absolute Gasteiger partial charge is 0.303 e. The molecule has 1 heterocycles. The fourth-order valence-corrected chi connectivity index (χ4v) is 3.67. The summed E-state index contributed by atoms with van der Waals surface area (Å²) in [4.78, 5) is 2.71. The Morgan fingerprint density at radius 3 is 1.94 bits per heavy atom. The summed E-state index contributed by atoms with van der Waals surface area (Å²) in [6.45, 7) is 20.8. The number of rotatable bonds is 2. The summed E-state index contributed by atoms with van der Waals surface area (Å²) in [6, 6.07) is 0. The standard InChI is InChI=1S/C17H35N/c1-8-11-18-12-9-10-14(16(2,3)4)15(13-18)17(5,6)7/h14-15H,8-13H2,1-7H3. The maximum atomic E-state index is 2.71. The molecular formula is C17H35N. The van der Waals surface area contributed by atoms with Crippen molar-refractivity contribution in [1.29, 1.82) is 0 Å². The highest BCUT2D eigenvalue weighted by Gasteiger charge is 2.40. The number of nitrogens with zero attached hydrogens (tertiary/aromatic N) is 1. The van der Waals surface area contributed by atoms with Crippen LogP contribution in [0.2, 0.25) is 0 Å². The lowest BCUT2D eigenvalue weighted by molar-refractivity contribution is 0.0532. The van der Waals surface area contributed by atoms with Crippen molar-refractivity contribution in [2.75, 3.05) is 19.6 Å². The molecule has 2 unspecified atom stereocenters. The van der Waals surface area contributed by atoms with Crippen molar-refractivity contribution in [3.05, 3.63) is 0 Å². The molecule has 2 atom stereocenters. The first-order valence-electron chi connectivity index (χ1n) is 7.88. The van der Waals surface area contributed by atoms with Crippen LogP contribution in [-0.4, -0.2) is 24.5 Å². The van der Waals surface area contributed by atoms with Crippen LogP contribution < -0.4 is 0 Å². The molecule has 1 fully saturated rings. The zero-order valence-electron chi connectivity index (χ0n) is 13.8. The molecule has 1 aliphatic heterocycles. The molecule has 18 heavy (non-hydrogen) atoms. The predicted molar refractivity (Wildman–Crippen MR) is 81.9 cm³/mol. The van der Waals surface area contributed by atoms with E-state index in [-0.39, 0.29) is 0 Å². The minimum atomic E-state index is 0.425. The first-order valence-corrected chi connectivity index (χ1v) is 7.88. The molecule has 108 valence electrons. The zero-order chi connectivity index (χ0) is 14.0. The Hall–Kier alpha value is -0.0400. The Bertz CT molecular complexity index is 243. The lowest BCUT2D eigenvalue weighted by atomic mass is 9.63. The van der Waals surface area contributed by atoms with Crippen LogP contribution in [0.5, 0.6) is 0 Å². The maximum Gasteiger partial charge on any atom is 0.00175 e. The van der Waals surface area contributed by atoms with E-state index in [4.69, 9.17) is 0 Å². The lowest BCUT2D eigenvalue weighted by Gasteiger charge is -2.44. The summed E-state index contributed by atoms with van der Waals surface area (Å²) in [5.41, 5.74) is 0.869. The molecule has 1 aliphatic rings. The number of hydrogen-bond acceptors (Lipinski definition) is 1. The Kier molecular flexibility index (Phi) is 5.29. The lowest BCUT2D eigenvalue weighted by Crippen LogP contribution is -2.41. The van der Waals surface area contributed by atoms with Crippen molar-refractivity contribution in [2.45, 2.75) is 67.7 Å². The minimum absolute atomic E-state index is 0.425. The molecule has 0 aromatic carbocycles. The average molecular weight is 253 g/mol. The third-order valence-electron chi connectivity index (χ3n) is 4.69. The van der Waals surface area contributed by atoms with Gasteiger partial charge in [-0.3, -0.25) is 0 Å². The fraction of sp³-hybridized carbons (Fsp3) is 1.00. The van der Waals surface area contributed by atoms with Gasteiger partial charge in [0.2, 0.25) is 0 Å². The van der Waals surface area contributed by atoms with E-state index in [1.165, 1.54) is 38.9 Å². The molecule has 1 nitrogen and oxygen atoms in total. The van der Waals surface area contributed by atoms with Crippen molar-refractivity contribution in [3.8, 4) is 0 Å². The number of likely N-dealkylation sites (tertiary alicyclic amines) is 1. The van der Waals surface area contributed by atoms with Crippen LogP contribution in [0.1, 0.15) is 67.7 Å². The van der Waals surface area contributed by atoms with Crippen LogP contribution in [0.15, 0.2) is 0 Å². The van der Waals surface area contributed by atoms with E-state index in [2.05, 4.69) is 53.4 Å². The molecule has 0 saturated carbocycles. The smallest absolute Gasteiger partial charge is 0.00175 e. The second-order valence-electron chi connectivity index (χ2n) is 8.39. The van der Waals surface area contributed by atoms with Crippen LogP contribution in [-0.2, 0) is 0 Å². The number of hydrogen-bond donors (Lipinski definition) is 0. The fourth-order valence-electron chi connectivity index (χ4n) is 3.67. The van der Waals surface area contributed by atoms with Crippen LogP contribution in [0.4, 0.5) is 0 Å². The summed E-state index contributed by atoms with van der Waals surface area (Å²) in [7, 11) is 0. The molecule has 1 heteroatoms. The van der Waals surface area contributed by atoms with E-state index in [0.29, 0.717) is 10.8 Å². The average Bonchev–Trinajstić information content (AvgIpc) is 2.39. The van der Waals surface area contributed by atoms with Crippen molar-refractivity contribution in [2.24, 2.45) is 22.7 Å². The summed E-state index contributed by atoms with van der Waals surface area (Å²) in [5, 5.41) is 0. The first kappa shape index (κ1) is 16.0. The first-order chi connectivity index (χ1) is 8.16. The molecule has 0 N–H and O–H groups in total. The molecule has 1 saturated heterocycles. The molecule has 0 aromatic rings. The SMILES string of the molecule is CCCN1CCCC(C(C)(C)C)C(C(C)(C)C)C1. The zero-order valence-corrected chi connectivity index (χ0v) is 13.8. The quantitative estimate of drug-likeness (QED) is 0.682. The van der Waals surface area contributed by atoms with Gasteiger partial charge in [-0.15, -0.1) is 0 Å². The second kappa shape index (κ2) is 5.94. The van der Waals surface area contributed by atoms with Gasteiger partial charge < -0.3 is 4.90 Å². The molecule has 0 aromatic heterocycles. The van der Waals surface area contributed by atoms with E-state index in [1.807, 2.05) is 0 Å². The molecule has 0 aliphatic carbocycles. The summed E-state index contributed by atoms with van der Waals surface area (Å²) in [6.07, 6.45) is 4.08. The van der Waals surface area contributed by atoms with Gasteiger partial charge >= 0.3 is 0 Å². The van der Waals surface area contributed by atoms with E-state index in [0.717, 1.165) is 11.8 Å². The van der Waals surface area contributed by atoms with Crippen molar-refractivity contribution in [3.63, 3.8) is 0 Å². The molecule has 0 amide bonds. The van der Waals surface area contributed by atoms with E-state index < -0.39 is 0 Å². The molecular weight excluding hydrogens is 218 g/mol. The molecule has 1 rings (SSSR count). The van der Waals surface area contributed by atoms with Crippen LogP contribution in [0.25, 0.3) is 0 Å². The van der Waals surface area contributed by atoms with Gasteiger partial charge in [-0.05, 0) is 55.0 Å². The Morgan fingerprint density at radius 2 is 1.50 bits per heavy atom. The van der Waals surface area contributed by atoms with Gasteiger partial charge in [0, 0.05) is 6.54 Å². The Morgan fingerprint density at radius 1 is 0.944 bits per heavy atom. The van der Waals surface area contributed by atoms with Gasteiger partial charge in [0.1, 0.15) is 0 Å². The van der Waals surface area contributed by atoms with E-state index in [1.54, 1.807) is 0 Å². The van der Waals surface area contributed by atoms with Crippen molar-refractivity contribution in [1.82, 2.24) is 4.90 Å². The van der Waals surface area contributed by atoms with Gasteiger partial charge in [-0.2, -0.15) is 0 Å². The highest BCUT2D eigenvalue weighted by molar-refractivity contribution is 4.90. The third-order valence-corrected chi connectivity index (χ3v) is 4.69. The molecule has 0 radical (unpaired) electrons. The minimum Gasteiger partial charge on any atom is -0.303 e. The van der Waals surface area contributed by atoms with Crippen LogP contribution >= 0.6 is 0 Å². The van der Waals surface area contributed by atoms with E-state index >= 15 is 0 Å². The highest BCUT2D eigenvalue weighted by atomic mass is 15.1. The van der Waals surface area contributed by atoms with Gasteiger partial charge in [0.25, 0.3) is 0 Å². The van der Waals surface area contributed by atoms with Crippen molar-refractivity contribution >= 4 is 0 Å². The van der Waals surface area contributed by atoms with Crippen LogP contribution in [0, 0.1) is 22.7 Å². The van der Waals surface area contributed by atoms with E-state index in [9.17, 15) is 0 Å². The monoisotopic (exact) mass is 253 g/mol. The van der Waals surface area contributed by atoms with Crippen LogP contribution in [0.3, 0.4) is 0 Å². The van der Waals surface area contributed by atoms with Gasteiger partial charge in [-0.25, -0.2) is 0 Å². The summed E-state index contributed by atoms with van der Waals surface area (Å²) >= 11 is 0. The van der Waals surface area contributed by atoms with Gasteiger partial charge in [-0.1, -0.05) is 48.5 Å². The summed E-state index contributed by atoms with van der Waals surface area (Å²) < 4.78 is 0. The maximum absolute atomic E-state index is 2.71. The third kappa shape index (κ3) is 4.26.